The lowest BCUT2D eigenvalue weighted by molar-refractivity contribution is 0.0594. The van der Waals surface area contributed by atoms with E-state index in [1.54, 1.807) is 12.1 Å². The van der Waals surface area contributed by atoms with Crippen LogP contribution in [0, 0.1) is 5.82 Å². The molecule has 6 heteroatoms. The van der Waals surface area contributed by atoms with E-state index in [1.165, 1.54) is 6.07 Å². The molecule has 1 aliphatic heterocycles. The normalized spacial score (nSPS) is 21.6. The Bertz CT molecular complexity index is 513. The summed E-state index contributed by atoms with van der Waals surface area (Å²) in [6.45, 7) is 1.74. The molecule has 1 saturated heterocycles. The molecule has 3 nitrogen and oxygen atoms in total. The maximum atomic E-state index is 13.6. The Balaban J connectivity index is 0.00000176. The maximum Gasteiger partial charge on any atom is 0.256 e. The van der Waals surface area contributed by atoms with Crippen LogP contribution in [0.1, 0.15) is 42.5 Å². The zero-order valence-corrected chi connectivity index (χ0v) is 13.9. The topological polar surface area (TPSA) is 32.3 Å². The van der Waals surface area contributed by atoms with Gasteiger partial charge in [-0.15, -0.1) is 12.4 Å². The third-order valence-corrected chi connectivity index (χ3v) is 4.95. The van der Waals surface area contributed by atoms with Gasteiger partial charge in [0.1, 0.15) is 5.82 Å². The summed E-state index contributed by atoms with van der Waals surface area (Å²) in [6.07, 6.45) is 5.34. The highest BCUT2D eigenvalue weighted by Crippen LogP contribution is 2.30. The van der Waals surface area contributed by atoms with E-state index in [4.69, 9.17) is 11.6 Å². The summed E-state index contributed by atoms with van der Waals surface area (Å²) in [5.74, 6) is -0.654. The molecule has 1 aromatic rings. The predicted octanol–water partition coefficient (Wildman–Crippen LogP) is 3.65. The zero-order chi connectivity index (χ0) is 14.8. The van der Waals surface area contributed by atoms with Gasteiger partial charge in [0.25, 0.3) is 5.91 Å². The lowest BCUT2D eigenvalue weighted by Crippen LogP contribution is -2.47. The van der Waals surface area contributed by atoms with Gasteiger partial charge in [-0.2, -0.15) is 0 Å². The minimum Gasteiger partial charge on any atom is -0.331 e. The predicted molar refractivity (Wildman–Crippen MR) is 88.4 cm³/mol. The van der Waals surface area contributed by atoms with Crippen LogP contribution in [-0.4, -0.2) is 36.0 Å². The molecule has 1 amide bonds. The monoisotopic (exact) mass is 346 g/mol. The number of carbonyl (C=O) groups excluding carboxylic acids is 1. The fourth-order valence-corrected chi connectivity index (χ4v) is 3.70. The van der Waals surface area contributed by atoms with E-state index in [-0.39, 0.29) is 41.0 Å². The molecule has 1 saturated carbocycles. The van der Waals surface area contributed by atoms with E-state index in [0.29, 0.717) is 0 Å². The second kappa shape index (κ2) is 7.62. The Morgan fingerprint density at radius 3 is 2.59 bits per heavy atom. The molecular weight excluding hydrogens is 326 g/mol. The number of hydrogen-bond acceptors (Lipinski definition) is 2. The highest BCUT2D eigenvalue weighted by atomic mass is 35.5. The quantitative estimate of drug-likeness (QED) is 0.905. The molecule has 2 aliphatic rings. The molecule has 2 fully saturated rings. The Morgan fingerprint density at radius 2 is 1.95 bits per heavy atom. The van der Waals surface area contributed by atoms with Gasteiger partial charge in [0.05, 0.1) is 10.6 Å². The first-order valence-corrected chi connectivity index (χ1v) is 8.03. The van der Waals surface area contributed by atoms with Crippen molar-refractivity contribution in [2.75, 3.05) is 13.1 Å². The van der Waals surface area contributed by atoms with E-state index in [1.807, 2.05) is 4.90 Å². The molecule has 3 rings (SSSR count). The van der Waals surface area contributed by atoms with Crippen molar-refractivity contribution in [2.24, 2.45) is 0 Å². The molecule has 22 heavy (non-hydrogen) atoms. The average molecular weight is 347 g/mol. The molecule has 122 valence electrons. The maximum absolute atomic E-state index is 13.6. The van der Waals surface area contributed by atoms with Gasteiger partial charge in [-0.3, -0.25) is 4.79 Å². The number of nitrogens with one attached hydrogen (secondary N) is 1. The molecule has 0 bridgehead atoms. The number of amides is 1. The highest BCUT2D eigenvalue weighted by Gasteiger charge is 2.35. The van der Waals surface area contributed by atoms with Crippen molar-refractivity contribution in [2.45, 2.75) is 44.2 Å². The van der Waals surface area contributed by atoms with E-state index in [2.05, 4.69) is 5.32 Å². The molecule has 0 spiro atoms. The zero-order valence-electron chi connectivity index (χ0n) is 12.4. The molecular formula is C16H21Cl2FN2O. The summed E-state index contributed by atoms with van der Waals surface area (Å²) in [6, 6.07) is 4.92. The first-order chi connectivity index (χ1) is 10.2. The van der Waals surface area contributed by atoms with Gasteiger partial charge in [-0.05, 0) is 37.9 Å². The molecule has 1 atom stereocenters. The average Bonchev–Trinajstić information content (AvgIpc) is 3.16. The summed E-state index contributed by atoms with van der Waals surface area (Å²) in [4.78, 5) is 14.9. The summed E-state index contributed by atoms with van der Waals surface area (Å²) in [5, 5.41) is 3.25. The van der Waals surface area contributed by atoms with Gasteiger partial charge in [0, 0.05) is 18.6 Å². The van der Waals surface area contributed by atoms with Crippen LogP contribution in [-0.2, 0) is 0 Å². The van der Waals surface area contributed by atoms with Gasteiger partial charge in [0.15, 0.2) is 0 Å². The number of nitrogens with zero attached hydrogens (tertiary/aromatic N) is 1. The van der Waals surface area contributed by atoms with Crippen LogP contribution in [0.2, 0.25) is 5.02 Å². The molecule has 1 aromatic carbocycles. The van der Waals surface area contributed by atoms with Crippen LogP contribution in [0.4, 0.5) is 4.39 Å². The molecule has 0 aromatic heterocycles. The van der Waals surface area contributed by atoms with E-state index < -0.39 is 5.82 Å². The standard InChI is InChI=1S/C16H20ClFN2O.ClH/c17-15-13(6-3-7-14(15)18)16(21)20(11-4-1-2-5-11)12-8-9-19-10-12;/h3,6-7,11-12,19H,1-2,4-5,8-10H2;1H/t12-;/m0./s1. The summed E-state index contributed by atoms with van der Waals surface area (Å²) in [7, 11) is 0. The third-order valence-electron chi connectivity index (χ3n) is 4.56. The van der Waals surface area contributed by atoms with Crippen LogP contribution in [0.25, 0.3) is 0 Å². The number of rotatable bonds is 3. The minimum absolute atomic E-state index is 0. The van der Waals surface area contributed by atoms with Crippen LogP contribution in [0.15, 0.2) is 18.2 Å². The Labute approximate surface area is 141 Å². The lowest BCUT2D eigenvalue weighted by atomic mass is 10.1. The number of carbonyl (C=O) groups is 1. The molecule has 0 radical (unpaired) electrons. The molecule has 1 aliphatic carbocycles. The first kappa shape index (κ1) is 17.5. The first-order valence-electron chi connectivity index (χ1n) is 7.66. The van der Waals surface area contributed by atoms with Gasteiger partial charge in [0.2, 0.25) is 0 Å². The van der Waals surface area contributed by atoms with Crippen LogP contribution >= 0.6 is 24.0 Å². The van der Waals surface area contributed by atoms with Crippen molar-refractivity contribution in [3.63, 3.8) is 0 Å². The Hall–Kier alpha value is -0.840. The molecule has 1 heterocycles. The van der Waals surface area contributed by atoms with Crippen molar-refractivity contribution in [3.05, 3.63) is 34.6 Å². The smallest absolute Gasteiger partial charge is 0.256 e. The van der Waals surface area contributed by atoms with Gasteiger partial charge in [-0.1, -0.05) is 30.5 Å². The van der Waals surface area contributed by atoms with E-state index in [9.17, 15) is 9.18 Å². The summed E-state index contributed by atoms with van der Waals surface area (Å²) < 4.78 is 13.6. The van der Waals surface area contributed by atoms with Gasteiger partial charge < -0.3 is 10.2 Å². The van der Waals surface area contributed by atoms with Gasteiger partial charge in [-0.25, -0.2) is 4.39 Å². The van der Waals surface area contributed by atoms with Crippen molar-refractivity contribution in [3.8, 4) is 0 Å². The van der Waals surface area contributed by atoms with Crippen LogP contribution in [0.3, 0.4) is 0 Å². The summed E-state index contributed by atoms with van der Waals surface area (Å²) in [5.41, 5.74) is 0.287. The van der Waals surface area contributed by atoms with Gasteiger partial charge >= 0.3 is 0 Å². The summed E-state index contributed by atoms with van der Waals surface area (Å²) >= 11 is 6.01. The van der Waals surface area contributed by atoms with E-state index in [0.717, 1.165) is 45.2 Å². The van der Waals surface area contributed by atoms with Crippen LogP contribution < -0.4 is 5.32 Å². The SMILES string of the molecule is Cl.O=C(c1cccc(F)c1Cl)N(C1CCCC1)[C@H]1CCNC1. The number of halogens is 3. The lowest BCUT2D eigenvalue weighted by Gasteiger charge is -2.34. The Morgan fingerprint density at radius 1 is 1.23 bits per heavy atom. The van der Waals surface area contributed by atoms with Crippen molar-refractivity contribution in [1.82, 2.24) is 10.2 Å². The van der Waals surface area contributed by atoms with E-state index >= 15 is 0 Å². The second-order valence-electron chi connectivity index (χ2n) is 5.90. The highest BCUT2D eigenvalue weighted by molar-refractivity contribution is 6.34. The number of benzene rings is 1. The third kappa shape index (κ3) is 3.39. The second-order valence-corrected chi connectivity index (χ2v) is 6.28. The van der Waals surface area contributed by atoms with Crippen molar-refractivity contribution >= 4 is 29.9 Å². The fraction of sp³-hybridized carbons (Fsp3) is 0.562. The molecule has 0 unspecified atom stereocenters. The number of hydrogen-bond donors (Lipinski definition) is 1. The van der Waals surface area contributed by atoms with Crippen LogP contribution in [0.5, 0.6) is 0 Å². The fourth-order valence-electron chi connectivity index (χ4n) is 3.50. The van der Waals surface area contributed by atoms with Crippen molar-refractivity contribution < 1.29 is 9.18 Å². The Kier molecular flexibility index (Phi) is 6.07. The van der Waals surface area contributed by atoms with Crippen molar-refractivity contribution in [1.29, 1.82) is 0 Å². The molecule has 1 N–H and O–H groups in total. The minimum atomic E-state index is -0.529. The largest absolute Gasteiger partial charge is 0.331 e.